The Balaban J connectivity index is 2.40. The van der Waals surface area contributed by atoms with Crippen molar-refractivity contribution in [1.82, 2.24) is 19.7 Å². The number of hydrogen-bond acceptors (Lipinski definition) is 5. The van der Waals surface area contributed by atoms with Gasteiger partial charge in [0.1, 0.15) is 0 Å². The second-order valence-corrected chi connectivity index (χ2v) is 4.94. The summed E-state index contributed by atoms with van der Waals surface area (Å²) in [5.74, 6) is 0.545. The Kier molecular flexibility index (Phi) is 6.15. The molecule has 0 aliphatic heterocycles. The molecule has 0 aliphatic carbocycles. The van der Waals surface area contributed by atoms with Crippen LogP contribution in [0.25, 0.3) is 0 Å². The molecule has 0 aromatic carbocycles. The normalized spacial score (nSPS) is 10.2. The van der Waals surface area contributed by atoms with Gasteiger partial charge in [-0.3, -0.25) is 9.36 Å². The minimum atomic E-state index is -0.234. The van der Waals surface area contributed by atoms with Gasteiger partial charge in [0.2, 0.25) is 5.91 Å². The van der Waals surface area contributed by atoms with Crippen LogP contribution in [0.15, 0.2) is 9.95 Å². The molecule has 0 saturated carbocycles. The Labute approximate surface area is 115 Å². The highest BCUT2D eigenvalue weighted by Crippen LogP contribution is 2.14. The Morgan fingerprint density at radius 1 is 1.63 bits per heavy atom. The second-order valence-electron chi connectivity index (χ2n) is 3.88. The number of thioether (sulfide) groups is 1. The van der Waals surface area contributed by atoms with Crippen LogP contribution in [0.2, 0.25) is 0 Å². The lowest BCUT2D eigenvalue weighted by molar-refractivity contribution is -0.129. The van der Waals surface area contributed by atoms with Gasteiger partial charge in [-0.1, -0.05) is 11.8 Å². The third-order valence-corrected chi connectivity index (χ3v) is 3.55. The lowest BCUT2D eigenvalue weighted by Crippen LogP contribution is -2.27. The zero-order chi connectivity index (χ0) is 14.3. The summed E-state index contributed by atoms with van der Waals surface area (Å²) in [5, 5.41) is 15.3. The molecule has 0 atom stereocenters. The average molecular weight is 283 g/mol. The van der Waals surface area contributed by atoms with E-state index in [2.05, 4.69) is 10.2 Å². The van der Waals surface area contributed by atoms with E-state index in [9.17, 15) is 9.59 Å². The van der Waals surface area contributed by atoms with Crippen molar-refractivity contribution < 1.29 is 4.79 Å². The van der Waals surface area contributed by atoms with Crippen molar-refractivity contribution in [3.63, 3.8) is 0 Å². The smallest absolute Gasteiger partial charge is 0.343 e. The third-order valence-electron chi connectivity index (χ3n) is 2.57. The summed E-state index contributed by atoms with van der Waals surface area (Å²) in [6.07, 6.45) is 0.696. The molecule has 1 aromatic rings. The highest BCUT2D eigenvalue weighted by molar-refractivity contribution is 7.99. The third kappa shape index (κ3) is 4.44. The quantitative estimate of drug-likeness (QED) is 0.733. The van der Waals surface area contributed by atoms with Crippen LogP contribution < -0.4 is 5.69 Å². The number of nitrogens with one attached hydrogen (secondary N) is 1. The lowest BCUT2D eigenvalue weighted by atomic mass is 10.3. The van der Waals surface area contributed by atoms with E-state index in [1.165, 1.54) is 16.3 Å². The molecule has 1 aromatic heterocycles. The standard InChI is InChI=1S/C11H17N5O2S/c1-3-16-10(18)13-14-11(16)19-8-5-9(17)15(2)7-4-6-12/h3-5,7-8H2,1-2H3,(H,13,18). The van der Waals surface area contributed by atoms with E-state index in [0.717, 1.165) is 0 Å². The molecule has 0 spiro atoms. The first-order valence-corrected chi connectivity index (χ1v) is 6.97. The first kappa shape index (κ1) is 15.3. The predicted octanol–water partition coefficient (Wildman–Crippen LogP) is 0.446. The SMILES string of the molecule is CCn1c(SCCC(=O)N(C)CCC#N)n[nH]c1=O. The van der Waals surface area contributed by atoms with Gasteiger partial charge in [0.15, 0.2) is 5.16 Å². The van der Waals surface area contributed by atoms with Crippen molar-refractivity contribution in [2.75, 3.05) is 19.3 Å². The number of rotatable bonds is 7. The van der Waals surface area contributed by atoms with Crippen LogP contribution in [-0.4, -0.2) is 44.9 Å². The van der Waals surface area contributed by atoms with Crippen molar-refractivity contribution in [3.05, 3.63) is 10.5 Å². The van der Waals surface area contributed by atoms with Gasteiger partial charge >= 0.3 is 5.69 Å². The molecule has 1 amide bonds. The van der Waals surface area contributed by atoms with E-state index in [1.807, 2.05) is 13.0 Å². The van der Waals surface area contributed by atoms with E-state index in [1.54, 1.807) is 11.9 Å². The van der Waals surface area contributed by atoms with Crippen molar-refractivity contribution in [2.45, 2.75) is 31.5 Å². The summed E-state index contributed by atoms with van der Waals surface area (Å²) in [4.78, 5) is 24.6. The fourth-order valence-corrected chi connectivity index (χ4v) is 2.39. The van der Waals surface area contributed by atoms with Crippen molar-refractivity contribution in [3.8, 4) is 6.07 Å². The lowest BCUT2D eigenvalue weighted by Gasteiger charge is -2.14. The number of H-pyrrole nitrogens is 1. The molecule has 0 saturated heterocycles. The Bertz CT molecular complexity index is 516. The molecule has 104 valence electrons. The van der Waals surface area contributed by atoms with Gasteiger partial charge in [-0.25, -0.2) is 9.89 Å². The predicted molar refractivity (Wildman–Crippen MR) is 71.7 cm³/mol. The number of carbonyl (C=O) groups excluding carboxylic acids is 1. The van der Waals surface area contributed by atoms with Crippen molar-refractivity contribution in [2.24, 2.45) is 0 Å². The summed E-state index contributed by atoms with van der Waals surface area (Å²) in [6, 6.07) is 2.00. The van der Waals surface area contributed by atoms with Crippen molar-refractivity contribution >= 4 is 17.7 Å². The maximum Gasteiger partial charge on any atom is 0.343 e. The van der Waals surface area contributed by atoms with Crippen molar-refractivity contribution in [1.29, 1.82) is 5.26 Å². The van der Waals surface area contributed by atoms with Crippen LogP contribution >= 0.6 is 11.8 Å². The molecule has 0 fully saturated rings. The van der Waals surface area contributed by atoms with E-state index in [4.69, 9.17) is 5.26 Å². The fourth-order valence-electron chi connectivity index (χ4n) is 1.46. The maximum atomic E-state index is 11.7. The molecule has 19 heavy (non-hydrogen) atoms. The highest BCUT2D eigenvalue weighted by atomic mass is 32.2. The minimum Gasteiger partial charge on any atom is -0.345 e. The highest BCUT2D eigenvalue weighted by Gasteiger charge is 2.11. The molecule has 0 aliphatic rings. The number of aromatic nitrogens is 3. The summed E-state index contributed by atoms with van der Waals surface area (Å²) in [7, 11) is 1.68. The molecule has 0 radical (unpaired) electrons. The van der Waals surface area contributed by atoms with Crippen LogP contribution in [0.3, 0.4) is 0 Å². The number of amides is 1. The van der Waals surface area contributed by atoms with E-state index < -0.39 is 0 Å². The van der Waals surface area contributed by atoms with E-state index in [-0.39, 0.29) is 11.6 Å². The number of carbonyl (C=O) groups is 1. The summed E-state index contributed by atoms with van der Waals surface area (Å²) < 4.78 is 1.52. The van der Waals surface area contributed by atoms with Gasteiger partial charge in [-0.15, -0.1) is 5.10 Å². The Hall–Kier alpha value is -1.75. The minimum absolute atomic E-state index is 0.0105. The first-order chi connectivity index (χ1) is 9.10. The van der Waals surface area contributed by atoms with Gasteiger partial charge in [-0.05, 0) is 6.92 Å². The van der Waals surface area contributed by atoms with Crippen LogP contribution in [0, 0.1) is 11.3 Å². The number of aromatic amines is 1. The number of hydrogen-bond donors (Lipinski definition) is 1. The monoisotopic (exact) mass is 283 g/mol. The molecular formula is C11H17N5O2S. The van der Waals surface area contributed by atoms with Gasteiger partial charge in [0, 0.05) is 32.3 Å². The molecule has 8 heteroatoms. The molecule has 1 heterocycles. The molecule has 0 bridgehead atoms. The first-order valence-electron chi connectivity index (χ1n) is 5.99. The topological polar surface area (TPSA) is 94.8 Å². The summed E-state index contributed by atoms with van der Waals surface area (Å²) in [6.45, 7) is 2.86. The molecule has 7 nitrogen and oxygen atoms in total. The second kappa shape index (κ2) is 7.63. The van der Waals surface area contributed by atoms with Gasteiger partial charge in [-0.2, -0.15) is 5.26 Å². The van der Waals surface area contributed by atoms with Crippen LogP contribution in [-0.2, 0) is 11.3 Å². The Morgan fingerprint density at radius 2 is 2.37 bits per heavy atom. The van der Waals surface area contributed by atoms with Crippen LogP contribution in [0.1, 0.15) is 19.8 Å². The molecular weight excluding hydrogens is 266 g/mol. The average Bonchev–Trinajstić information content (AvgIpc) is 2.76. The zero-order valence-electron chi connectivity index (χ0n) is 11.0. The largest absolute Gasteiger partial charge is 0.345 e. The van der Waals surface area contributed by atoms with Gasteiger partial charge < -0.3 is 4.90 Å². The summed E-state index contributed by atoms with van der Waals surface area (Å²) in [5.41, 5.74) is -0.234. The Morgan fingerprint density at radius 3 is 3.00 bits per heavy atom. The number of nitrogens with zero attached hydrogens (tertiary/aromatic N) is 4. The van der Waals surface area contributed by atoms with Crippen LogP contribution in [0.4, 0.5) is 0 Å². The summed E-state index contributed by atoms with van der Waals surface area (Å²) >= 11 is 1.37. The molecule has 0 unspecified atom stereocenters. The maximum absolute atomic E-state index is 11.7. The van der Waals surface area contributed by atoms with Gasteiger partial charge in [0.05, 0.1) is 12.5 Å². The molecule has 1 N–H and O–H groups in total. The van der Waals surface area contributed by atoms with Crippen LogP contribution in [0.5, 0.6) is 0 Å². The van der Waals surface area contributed by atoms with E-state index in [0.29, 0.717) is 36.8 Å². The van der Waals surface area contributed by atoms with E-state index >= 15 is 0 Å². The molecule has 1 rings (SSSR count). The zero-order valence-corrected chi connectivity index (χ0v) is 11.9. The fraction of sp³-hybridized carbons (Fsp3) is 0.636. The van der Waals surface area contributed by atoms with Gasteiger partial charge in [0.25, 0.3) is 0 Å². The number of nitriles is 1.